The van der Waals surface area contributed by atoms with E-state index in [2.05, 4.69) is 50.8 Å². The van der Waals surface area contributed by atoms with E-state index in [1.165, 1.54) is 30.4 Å². The van der Waals surface area contributed by atoms with Crippen LogP contribution in [0, 0.1) is 25.7 Å². The average molecular weight is 258 g/mol. The fourth-order valence-electron chi connectivity index (χ4n) is 2.03. The fourth-order valence-corrected chi connectivity index (χ4v) is 2.03. The molecule has 0 heterocycles. The third-order valence-electron chi connectivity index (χ3n) is 3.38. The second kappa shape index (κ2) is 7.36. The Labute approximate surface area is 118 Å². The van der Waals surface area contributed by atoms with Crippen LogP contribution in [0.2, 0.25) is 0 Å². The number of aliphatic hydroxyl groups is 1. The van der Waals surface area contributed by atoms with Gasteiger partial charge in [0.05, 0.1) is 0 Å². The van der Waals surface area contributed by atoms with Gasteiger partial charge in [-0.05, 0) is 50.8 Å². The lowest BCUT2D eigenvalue weighted by molar-refractivity contribution is 0.109. The highest BCUT2D eigenvalue weighted by atomic mass is 16.3. The van der Waals surface area contributed by atoms with E-state index in [0.29, 0.717) is 0 Å². The Hall–Kier alpha value is -1.26. The maximum absolute atomic E-state index is 10.3. The largest absolute Gasteiger partial charge is 0.378 e. The van der Waals surface area contributed by atoms with Crippen LogP contribution in [-0.4, -0.2) is 10.7 Å². The first-order chi connectivity index (χ1) is 8.94. The second-order valence-corrected chi connectivity index (χ2v) is 5.65. The molecule has 0 radical (unpaired) electrons. The molecule has 1 unspecified atom stereocenters. The van der Waals surface area contributed by atoms with E-state index in [1.807, 2.05) is 6.92 Å². The monoisotopic (exact) mass is 258 g/mol. The molecule has 104 valence electrons. The molecule has 1 nitrogen and oxygen atoms in total. The van der Waals surface area contributed by atoms with Crippen LogP contribution < -0.4 is 0 Å². The van der Waals surface area contributed by atoms with Gasteiger partial charge in [0, 0.05) is 5.56 Å². The van der Waals surface area contributed by atoms with Gasteiger partial charge < -0.3 is 5.11 Å². The van der Waals surface area contributed by atoms with Crippen molar-refractivity contribution in [1.82, 2.24) is 0 Å². The number of hydrogen-bond donors (Lipinski definition) is 1. The number of hydrogen-bond acceptors (Lipinski definition) is 1. The molecule has 0 fully saturated rings. The molecule has 0 aliphatic rings. The van der Waals surface area contributed by atoms with Crippen molar-refractivity contribution in [3.63, 3.8) is 0 Å². The first-order valence-corrected chi connectivity index (χ1v) is 7.27. The fraction of sp³-hybridized carbons (Fsp3) is 0.556. The zero-order valence-electron chi connectivity index (χ0n) is 12.7. The number of benzene rings is 1. The van der Waals surface area contributed by atoms with Crippen molar-refractivity contribution in [3.05, 3.63) is 34.9 Å². The molecule has 0 amide bonds. The molecule has 0 saturated heterocycles. The SMILES string of the molecule is CCCCCCC(C)(O)C#Cc1cc(C)ccc1C. The molecule has 0 saturated carbocycles. The van der Waals surface area contributed by atoms with Gasteiger partial charge in [0.1, 0.15) is 5.60 Å². The normalized spacial score (nSPS) is 13.5. The molecule has 1 heteroatoms. The third-order valence-corrected chi connectivity index (χ3v) is 3.38. The highest BCUT2D eigenvalue weighted by Crippen LogP contribution is 2.15. The summed E-state index contributed by atoms with van der Waals surface area (Å²) in [6.45, 7) is 8.13. The molecule has 0 aromatic heterocycles. The van der Waals surface area contributed by atoms with Gasteiger partial charge in [0.15, 0.2) is 0 Å². The Morgan fingerprint density at radius 3 is 2.58 bits per heavy atom. The van der Waals surface area contributed by atoms with Crippen LogP contribution in [-0.2, 0) is 0 Å². The standard InChI is InChI=1S/C18H26O/c1-5-6-7-8-12-18(4,19)13-11-17-14-15(2)9-10-16(17)3/h9-10,14,19H,5-8,12H2,1-4H3. The van der Waals surface area contributed by atoms with Gasteiger partial charge in [-0.1, -0.05) is 50.2 Å². The lowest BCUT2D eigenvalue weighted by Crippen LogP contribution is -2.21. The predicted octanol–water partition coefficient (Wildman–Crippen LogP) is 4.38. The lowest BCUT2D eigenvalue weighted by atomic mass is 9.97. The lowest BCUT2D eigenvalue weighted by Gasteiger charge is -2.15. The Morgan fingerprint density at radius 1 is 1.16 bits per heavy atom. The van der Waals surface area contributed by atoms with Crippen LogP contribution in [0.3, 0.4) is 0 Å². The average Bonchev–Trinajstić information content (AvgIpc) is 2.36. The van der Waals surface area contributed by atoms with Crippen molar-refractivity contribution < 1.29 is 5.11 Å². The molecular weight excluding hydrogens is 232 g/mol. The minimum absolute atomic E-state index is 0.755. The van der Waals surface area contributed by atoms with E-state index in [1.54, 1.807) is 0 Å². The summed E-state index contributed by atoms with van der Waals surface area (Å²) < 4.78 is 0. The van der Waals surface area contributed by atoms with Crippen LogP contribution in [0.15, 0.2) is 18.2 Å². The molecule has 0 aliphatic carbocycles. The van der Waals surface area contributed by atoms with Gasteiger partial charge in [-0.2, -0.15) is 0 Å². The maximum Gasteiger partial charge on any atom is 0.123 e. The Morgan fingerprint density at radius 2 is 1.89 bits per heavy atom. The first kappa shape index (κ1) is 15.8. The Kier molecular flexibility index (Phi) is 6.12. The van der Waals surface area contributed by atoms with Crippen molar-refractivity contribution in [1.29, 1.82) is 0 Å². The molecule has 0 bridgehead atoms. The predicted molar refractivity (Wildman–Crippen MR) is 82.2 cm³/mol. The van der Waals surface area contributed by atoms with Gasteiger partial charge in [-0.3, -0.25) is 0 Å². The van der Waals surface area contributed by atoms with E-state index >= 15 is 0 Å². The third kappa shape index (κ3) is 5.94. The summed E-state index contributed by atoms with van der Waals surface area (Å²) in [6.07, 6.45) is 5.43. The second-order valence-electron chi connectivity index (χ2n) is 5.65. The van der Waals surface area contributed by atoms with Gasteiger partial charge >= 0.3 is 0 Å². The van der Waals surface area contributed by atoms with Crippen molar-refractivity contribution in [3.8, 4) is 11.8 Å². The molecule has 1 aromatic rings. The van der Waals surface area contributed by atoms with Crippen LogP contribution >= 0.6 is 0 Å². The van der Waals surface area contributed by atoms with Gasteiger partial charge in [0.25, 0.3) is 0 Å². The summed E-state index contributed by atoms with van der Waals surface area (Å²) in [5.74, 6) is 6.16. The van der Waals surface area contributed by atoms with Crippen molar-refractivity contribution in [2.75, 3.05) is 0 Å². The number of aryl methyl sites for hydroxylation is 2. The summed E-state index contributed by atoms with van der Waals surface area (Å²) in [5, 5.41) is 10.3. The van der Waals surface area contributed by atoms with Crippen LogP contribution in [0.25, 0.3) is 0 Å². The molecule has 1 rings (SSSR count). The van der Waals surface area contributed by atoms with Gasteiger partial charge in [-0.15, -0.1) is 0 Å². The molecule has 0 aliphatic heterocycles. The minimum Gasteiger partial charge on any atom is -0.378 e. The van der Waals surface area contributed by atoms with Crippen molar-refractivity contribution in [2.24, 2.45) is 0 Å². The van der Waals surface area contributed by atoms with Crippen LogP contribution in [0.1, 0.15) is 62.6 Å². The molecular formula is C18H26O. The zero-order valence-corrected chi connectivity index (χ0v) is 12.7. The highest BCUT2D eigenvalue weighted by Gasteiger charge is 2.15. The van der Waals surface area contributed by atoms with Crippen LogP contribution in [0.4, 0.5) is 0 Å². The number of rotatable bonds is 5. The summed E-state index contributed by atoms with van der Waals surface area (Å²) in [5.41, 5.74) is 2.52. The van der Waals surface area contributed by atoms with Crippen molar-refractivity contribution in [2.45, 2.75) is 65.4 Å². The summed E-state index contributed by atoms with van der Waals surface area (Å²) in [6, 6.07) is 6.24. The van der Waals surface area contributed by atoms with E-state index < -0.39 is 5.60 Å². The summed E-state index contributed by atoms with van der Waals surface area (Å²) in [7, 11) is 0. The zero-order chi connectivity index (χ0) is 14.3. The first-order valence-electron chi connectivity index (χ1n) is 7.27. The Balaban J connectivity index is 2.66. The molecule has 1 atom stereocenters. The van der Waals surface area contributed by atoms with Crippen LogP contribution in [0.5, 0.6) is 0 Å². The highest BCUT2D eigenvalue weighted by molar-refractivity contribution is 5.43. The molecule has 19 heavy (non-hydrogen) atoms. The van der Waals surface area contributed by atoms with E-state index in [-0.39, 0.29) is 0 Å². The number of unbranched alkanes of at least 4 members (excludes halogenated alkanes) is 3. The summed E-state index contributed by atoms with van der Waals surface area (Å²) >= 11 is 0. The molecule has 1 N–H and O–H groups in total. The molecule has 0 spiro atoms. The maximum atomic E-state index is 10.3. The smallest absolute Gasteiger partial charge is 0.123 e. The van der Waals surface area contributed by atoms with Crippen molar-refractivity contribution >= 4 is 0 Å². The topological polar surface area (TPSA) is 20.2 Å². The molecule has 1 aromatic carbocycles. The minimum atomic E-state index is -0.871. The van der Waals surface area contributed by atoms with Gasteiger partial charge in [0.2, 0.25) is 0 Å². The van der Waals surface area contributed by atoms with E-state index in [9.17, 15) is 5.11 Å². The van der Waals surface area contributed by atoms with Gasteiger partial charge in [-0.25, -0.2) is 0 Å². The Bertz CT molecular complexity index is 460. The van der Waals surface area contributed by atoms with E-state index in [4.69, 9.17) is 0 Å². The van der Waals surface area contributed by atoms with E-state index in [0.717, 1.165) is 18.4 Å². The quantitative estimate of drug-likeness (QED) is 0.614. The summed E-state index contributed by atoms with van der Waals surface area (Å²) in [4.78, 5) is 0.